The van der Waals surface area contributed by atoms with Crippen LogP contribution in [0.5, 0.6) is 0 Å². The number of thiophene rings is 1. The molecule has 1 fully saturated rings. The molecule has 0 saturated carbocycles. The van der Waals surface area contributed by atoms with Crippen LogP contribution in [0, 0.1) is 6.92 Å². The molecule has 3 aromatic rings. The molecule has 1 saturated heterocycles. The van der Waals surface area contributed by atoms with Crippen LogP contribution in [0.3, 0.4) is 0 Å². The zero-order valence-electron chi connectivity index (χ0n) is 15.5. The molecular weight excluding hydrogens is 440 g/mol. The molecule has 0 spiro atoms. The van der Waals surface area contributed by atoms with Gasteiger partial charge in [-0.2, -0.15) is 0 Å². The van der Waals surface area contributed by atoms with Crippen LogP contribution in [0.1, 0.15) is 34.1 Å². The highest BCUT2D eigenvalue weighted by molar-refractivity contribution is 9.10. The second-order valence-corrected chi connectivity index (χ2v) is 9.41. The molecular formula is C22H23BrO4S. The van der Waals surface area contributed by atoms with Crippen LogP contribution >= 0.6 is 27.3 Å². The second kappa shape index (κ2) is 8.22. The van der Waals surface area contributed by atoms with E-state index in [1.165, 1.54) is 15.0 Å². The third kappa shape index (κ3) is 3.90. The predicted octanol–water partition coefficient (Wildman–Crippen LogP) is 4.11. The van der Waals surface area contributed by atoms with Crippen molar-refractivity contribution >= 4 is 37.4 Å². The van der Waals surface area contributed by atoms with Crippen molar-refractivity contribution in [3.8, 4) is 0 Å². The van der Waals surface area contributed by atoms with Crippen molar-refractivity contribution in [3.05, 3.63) is 68.5 Å². The van der Waals surface area contributed by atoms with E-state index in [-0.39, 0.29) is 13.0 Å². The molecule has 6 heteroatoms. The van der Waals surface area contributed by atoms with Gasteiger partial charge in [-0.05, 0) is 47.2 Å². The predicted molar refractivity (Wildman–Crippen MR) is 115 cm³/mol. The van der Waals surface area contributed by atoms with E-state index >= 15 is 0 Å². The number of rotatable bonds is 4. The molecule has 1 aliphatic rings. The lowest BCUT2D eigenvalue weighted by Gasteiger charge is -2.37. The van der Waals surface area contributed by atoms with Crippen LogP contribution in [0.15, 0.2) is 46.9 Å². The first-order valence-corrected chi connectivity index (χ1v) is 11.0. The smallest absolute Gasteiger partial charge is 0.112 e. The highest BCUT2D eigenvalue weighted by atomic mass is 79.9. The van der Waals surface area contributed by atoms with E-state index in [0.29, 0.717) is 0 Å². The highest BCUT2D eigenvalue weighted by Crippen LogP contribution is 2.38. The summed E-state index contributed by atoms with van der Waals surface area (Å²) >= 11 is 5.37. The van der Waals surface area contributed by atoms with E-state index in [1.54, 1.807) is 11.3 Å². The van der Waals surface area contributed by atoms with Crippen molar-refractivity contribution in [1.82, 2.24) is 0 Å². The van der Waals surface area contributed by atoms with Gasteiger partial charge in [-0.3, -0.25) is 0 Å². The van der Waals surface area contributed by atoms with Crippen LogP contribution in [0.4, 0.5) is 0 Å². The number of fused-ring (bicyclic) bond motifs is 1. The molecule has 0 amide bonds. The van der Waals surface area contributed by atoms with Gasteiger partial charge in [0.25, 0.3) is 0 Å². The Balaban J connectivity index is 1.67. The summed E-state index contributed by atoms with van der Waals surface area (Å²) in [5, 5.41) is 31.4. The Hall–Kier alpha value is -1.28. The van der Waals surface area contributed by atoms with Crippen molar-refractivity contribution in [2.24, 2.45) is 0 Å². The minimum Gasteiger partial charge on any atom is -0.394 e. The summed E-state index contributed by atoms with van der Waals surface area (Å²) in [6.45, 7) is 1.89. The maximum absolute atomic E-state index is 10.5. The van der Waals surface area contributed by atoms with Gasteiger partial charge < -0.3 is 20.1 Å². The van der Waals surface area contributed by atoms with Crippen molar-refractivity contribution < 1.29 is 20.1 Å². The molecule has 4 atom stereocenters. The maximum atomic E-state index is 10.5. The largest absolute Gasteiger partial charge is 0.394 e. The van der Waals surface area contributed by atoms with E-state index in [9.17, 15) is 15.3 Å². The molecule has 1 aliphatic heterocycles. The monoisotopic (exact) mass is 462 g/mol. The third-order valence-electron chi connectivity index (χ3n) is 5.35. The number of aliphatic hydroxyl groups excluding tert-OH is 3. The van der Waals surface area contributed by atoms with Crippen molar-refractivity contribution in [2.75, 3.05) is 6.61 Å². The van der Waals surface area contributed by atoms with Crippen molar-refractivity contribution in [3.63, 3.8) is 0 Å². The number of aryl methyl sites for hydroxylation is 1. The molecule has 2 heterocycles. The molecule has 0 unspecified atom stereocenters. The molecule has 2 aromatic carbocycles. The molecule has 4 nitrogen and oxygen atoms in total. The van der Waals surface area contributed by atoms with Gasteiger partial charge in [-0.25, -0.2) is 0 Å². The van der Waals surface area contributed by atoms with Gasteiger partial charge in [0.15, 0.2) is 0 Å². The third-order valence-corrected chi connectivity index (χ3v) is 7.16. The number of benzene rings is 2. The average molecular weight is 463 g/mol. The Morgan fingerprint density at radius 1 is 1.18 bits per heavy atom. The van der Waals surface area contributed by atoms with Gasteiger partial charge in [0.1, 0.15) is 12.2 Å². The van der Waals surface area contributed by atoms with E-state index in [0.717, 1.165) is 27.6 Å². The minimum atomic E-state index is -1.03. The summed E-state index contributed by atoms with van der Waals surface area (Å²) in [6, 6.07) is 14.7. The fourth-order valence-corrected chi connectivity index (χ4v) is 5.56. The Labute approximate surface area is 176 Å². The first-order chi connectivity index (χ1) is 13.5. The van der Waals surface area contributed by atoms with E-state index in [4.69, 9.17) is 4.74 Å². The fraction of sp³-hybridized carbons (Fsp3) is 0.364. The van der Waals surface area contributed by atoms with Gasteiger partial charge in [0.05, 0.1) is 18.8 Å². The Morgan fingerprint density at radius 3 is 2.71 bits per heavy atom. The fourth-order valence-electron chi connectivity index (χ4n) is 3.79. The molecule has 0 aliphatic carbocycles. The summed E-state index contributed by atoms with van der Waals surface area (Å²) in [4.78, 5) is 1.27. The van der Waals surface area contributed by atoms with Crippen LogP contribution in [0.2, 0.25) is 0 Å². The Morgan fingerprint density at radius 2 is 1.96 bits per heavy atom. The lowest BCUT2D eigenvalue weighted by atomic mass is 9.91. The zero-order valence-corrected chi connectivity index (χ0v) is 17.9. The van der Waals surface area contributed by atoms with Crippen LogP contribution in [-0.4, -0.2) is 40.2 Å². The van der Waals surface area contributed by atoms with E-state index in [2.05, 4.69) is 47.1 Å². The number of hydrogen-bond donors (Lipinski definition) is 3. The molecule has 1 aromatic heterocycles. The first-order valence-electron chi connectivity index (χ1n) is 9.35. The normalized spacial score (nSPS) is 25.3. The lowest BCUT2D eigenvalue weighted by Crippen LogP contribution is -2.44. The summed E-state index contributed by atoms with van der Waals surface area (Å²) in [5.41, 5.74) is 3.10. The SMILES string of the molecule is Cc1cc(Br)c([C@@H]2O[C@H](CO)C[C@H](O)[C@H]2O)cc1Cc1cc2ccccc2s1. The maximum Gasteiger partial charge on any atom is 0.112 e. The second-order valence-electron chi connectivity index (χ2n) is 7.38. The van der Waals surface area contributed by atoms with Gasteiger partial charge in [-0.15, -0.1) is 11.3 Å². The lowest BCUT2D eigenvalue weighted by molar-refractivity contribution is -0.179. The van der Waals surface area contributed by atoms with Crippen LogP contribution < -0.4 is 0 Å². The van der Waals surface area contributed by atoms with Gasteiger partial charge in [-0.1, -0.05) is 40.2 Å². The first kappa shape index (κ1) is 20.0. The molecule has 148 valence electrons. The summed E-state index contributed by atoms with van der Waals surface area (Å²) in [5.74, 6) is 0. The Bertz CT molecular complexity index is 953. The quantitative estimate of drug-likeness (QED) is 0.545. The summed E-state index contributed by atoms with van der Waals surface area (Å²) in [6.07, 6.45) is -2.10. The molecule has 28 heavy (non-hydrogen) atoms. The van der Waals surface area contributed by atoms with Gasteiger partial charge in [0.2, 0.25) is 0 Å². The molecule has 4 rings (SSSR count). The number of halogens is 1. The number of ether oxygens (including phenoxy) is 1. The van der Waals surface area contributed by atoms with Gasteiger partial charge >= 0.3 is 0 Å². The van der Waals surface area contributed by atoms with Crippen LogP contribution in [0.25, 0.3) is 10.1 Å². The van der Waals surface area contributed by atoms with E-state index < -0.39 is 24.4 Å². The molecule has 0 bridgehead atoms. The highest BCUT2D eigenvalue weighted by Gasteiger charge is 2.38. The van der Waals surface area contributed by atoms with Crippen molar-refractivity contribution in [1.29, 1.82) is 0 Å². The average Bonchev–Trinajstić information content (AvgIpc) is 3.08. The summed E-state index contributed by atoms with van der Waals surface area (Å²) < 4.78 is 7.99. The standard InChI is InChI=1S/C22H23BrO4S/c1-12-6-18(23)17(22-21(26)19(25)10-15(11-24)27-22)9-14(12)8-16-7-13-4-2-3-5-20(13)28-16/h2-7,9,15,19,21-22,24-26H,8,10-11H2,1H3/t15-,19-,21+,22-/m0/s1. The molecule has 3 N–H and O–H groups in total. The van der Waals surface area contributed by atoms with Crippen LogP contribution in [-0.2, 0) is 11.2 Å². The number of aliphatic hydroxyl groups is 3. The zero-order chi connectivity index (χ0) is 19.8. The summed E-state index contributed by atoms with van der Waals surface area (Å²) in [7, 11) is 0. The van der Waals surface area contributed by atoms with Crippen molar-refractivity contribution in [2.45, 2.75) is 44.2 Å². The topological polar surface area (TPSA) is 69.9 Å². The van der Waals surface area contributed by atoms with Gasteiger partial charge in [0, 0.05) is 26.9 Å². The minimum absolute atomic E-state index is 0.182. The molecule has 0 radical (unpaired) electrons. The number of hydrogen-bond acceptors (Lipinski definition) is 5. The Kier molecular flexibility index (Phi) is 5.88. The van der Waals surface area contributed by atoms with E-state index in [1.807, 2.05) is 18.2 Å².